The Morgan fingerprint density at radius 1 is 0.750 bits per heavy atom. The molecule has 4 heteroatoms. The van der Waals surface area contributed by atoms with Crippen LogP contribution in [0.5, 0.6) is 0 Å². The van der Waals surface area contributed by atoms with Crippen LogP contribution in [0.4, 0.5) is 0 Å². The Morgan fingerprint density at radius 3 is 1.75 bits per heavy atom. The lowest BCUT2D eigenvalue weighted by Crippen LogP contribution is -2.37. The summed E-state index contributed by atoms with van der Waals surface area (Å²) >= 11 is 0. The van der Waals surface area contributed by atoms with E-state index in [2.05, 4.69) is 24.2 Å². The van der Waals surface area contributed by atoms with Crippen LogP contribution in [-0.4, -0.2) is 16.7 Å². The highest BCUT2D eigenvalue weighted by Gasteiger charge is 2.37. The minimum Gasteiger partial charge on any atom is -0.230 e. The molecule has 1 rings (SSSR count). The first kappa shape index (κ1) is 20.8. The third-order valence-electron chi connectivity index (χ3n) is 3.25. The second kappa shape index (κ2) is 7.32. The van der Waals surface area contributed by atoms with Gasteiger partial charge < -0.3 is 0 Å². The SMILES string of the molecule is CC(C)(C)N=NC(C)(CC(C)(C)OOC(C)(C)C)c1ccccc1. The summed E-state index contributed by atoms with van der Waals surface area (Å²) in [7, 11) is 0. The number of rotatable bonds is 6. The van der Waals surface area contributed by atoms with Crippen LogP contribution in [0.25, 0.3) is 0 Å². The lowest BCUT2D eigenvalue weighted by atomic mass is 9.83. The first-order valence-corrected chi connectivity index (χ1v) is 8.59. The van der Waals surface area contributed by atoms with Crippen LogP contribution in [0.1, 0.15) is 74.3 Å². The molecule has 0 aromatic heterocycles. The van der Waals surface area contributed by atoms with Crippen LogP contribution >= 0.6 is 0 Å². The molecule has 0 aliphatic carbocycles. The van der Waals surface area contributed by atoms with Crippen LogP contribution in [0, 0.1) is 0 Å². The fourth-order valence-electron chi connectivity index (χ4n) is 2.35. The minimum atomic E-state index is -0.505. The molecular weight excluding hydrogens is 300 g/mol. The van der Waals surface area contributed by atoms with Gasteiger partial charge in [0.15, 0.2) is 0 Å². The molecule has 0 radical (unpaired) electrons. The summed E-state index contributed by atoms with van der Waals surface area (Å²) in [5, 5.41) is 9.24. The standard InChI is InChI=1S/C20H34N2O2/c1-17(2,3)21-22-20(9,16-13-11-10-12-14-16)15-19(7,8)24-23-18(4,5)6/h10-14H,15H2,1-9H3. The molecule has 1 aromatic carbocycles. The van der Waals surface area contributed by atoms with Gasteiger partial charge >= 0.3 is 0 Å². The third kappa shape index (κ3) is 7.54. The van der Waals surface area contributed by atoms with Gasteiger partial charge in [-0.3, -0.25) is 0 Å². The lowest BCUT2D eigenvalue weighted by molar-refractivity contribution is -0.399. The lowest BCUT2D eigenvalue weighted by Gasteiger charge is -2.35. The van der Waals surface area contributed by atoms with E-state index in [0.717, 1.165) is 5.56 Å². The summed E-state index contributed by atoms with van der Waals surface area (Å²) in [6.45, 7) is 18.2. The number of azo groups is 1. The van der Waals surface area contributed by atoms with Gasteiger partial charge in [0.1, 0.15) is 11.1 Å². The molecule has 0 spiro atoms. The normalized spacial score (nSPS) is 16.4. The van der Waals surface area contributed by atoms with Gasteiger partial charge in [0.2, 0.25) is 0 Å². The Hall–Kier alpha value is -1.26. The van der Waals surface area contributed by atoms with Gasteiger partial charge in [-0.2, -0.15) is 10.2 Å². The fraction of sp³-hybridized carbons (Fsp3) is 0.700. The van der Waals surface area contributed by atoms with Crippen molar-refractivity contribution < 1.29 is 9.78 Å². The van der Waals surface area contributed by atoms with E-state index in [1.54, 1.807) is 0 Å². The average Bonchev–Trinajstić information content (AvgIpc) is 2.43. The zero-order valence-electron chi connectivity index (χ0n) is 16.8. The molecule has 1 unspecified atom stereocenters. The van der Waals surface area contributed by atoms with Gasteiger partial charge in [-0.15, -0.1) is 0 Å². The van der Waals surface area contributed by atoms with Crippen molar-refractivity contribution in [3.8, 4) is 0 Å². The molecule has 0 amide bonds. The summed E-state index contributed by atoms with van der Waals surface area (Å²) < 4.78 is 0. The Morgan fingerprint density at radius 2 is 1.29 bits per heavy atom. The molecule has 0 saturated heterocycles. The van der Waals surface area contributed by atoms with Crippen LogP contribution < -0.4 is 0 Å². The van der Waals surface area contributed by atoms with Crippen molar-refractivity contribution in [3.05, 3.63) is 35.9 Å². The van der Waals surface area contributed by atoms with Crippen molar-refractivity contribution in [1.29, 1.82) is 0 Å². The summed E-state index contributed by atoms with van der Waals surface area (Å²) in [4.78, 5) is 11.3. The van der Waals surface area contributed by atoms with Gasteiger partial charge in [0.05, 0.1) is 11.1 Å². The number of benzene rings is 1. The van der Waals surface area contributed by atoms with Gasteiger partial charge in [-0.25, -0.2) is 9.78 Å². The van der Waals surface area contributed by atoms with Crippen molar-refractivity contribution in [2.45, 2.75) is 91.0 Å². The minimum absolute atomic E-state index is 0.219. The molecule has 0 aliphatic rings. The van der Waals surface area contributed by atoms with Crippen molar-refractivity contribution in [3.63, 3.8) is 0 Å². The van der Waals surface area contributed by atoms with Crippen LogP contribution in [0.15, 0.2) is 40.6 Å². The van der Waals surface area contributed by atoms with Crippen molar-refractivity contribution in [2.24, 2.45) is 10.2 Å². The molecule has 136 valence electrons. The number of hydrogen-bond acceptors (Lipinski definition) is 4. The second-order valence-corrected chi connectivity index (χ2v) is 9.23. The highest BCUT2D eigenvalue weighted by molar-refractivity contribution is 5.24. The van der Waals surface area contributed by atoms with Crippen LogP contribution in [0.3, 0.4) is 0 Å². The largest absolute Gasteiger partial charge is 0.230 e. The quantitative estimate of drug-likeness (QED) is 0.360. The Kier molecular flexibility index (Phi) is 6.34. The molecule has 0 fully saturated rings. The first-order valence-electron chi connectivity index (χ1n) is 8.59. The molecular formula is C20H34N2O2. The predicted octanol–water partition coefficient (Wildman–Crippen LogP) is 6.07. The monoisotopic (exact) mass is 334 g/mol. The highest BCUT2D eigenvalue weighted by Crippen LogP contribution is 2.37. The summed E-state index contributed by atoms with van der Waals surface area (Å²) in [5.74, 6) is 0. The number of nitrogens with zero attached hydrogens (tertiary/aromatic N) is 2. The molecule has 0 bridgehead atoms. The van der Waals surface area contributed by atoms with Crippen LogP contribution in [0.2, 0.25) is 0 Å². The van der Waals surface area contributed by atoms with Gasteiger partial charge in [-0.05, 0) is 67.9 Å². The van der Waals surface area contributed by atoms with E-state index in [1.165, 1.54) is 0 Å². The summed E-state index contributed by atoms with van der Waals surface area (Å²) in [6, 6.07) is 10.2. The van der Waals surface area contributed by atoms with Gasteiger partial charge in [-0.1, -0.05) is 30.3 Å². The average molecular weight is 335 g/mol. The molecule has 4 nitrogen and oxygen atoms in total. The topological polar surface area (TPSA) is 43.2 Å². The zero-order valence-corrected chi connectivity index (χ0v) is 16.8. The fourth-order valence-corrected chi connectivity index (χ4v) is 2.35. The van der Waals surface area contributed by atoms with E-state index < -0.39 is 11.1 Å². The second-order valence-electron chi connectivity index (χ2n) is 9.23. The third-order valence-corrected chi connectivity index (χ3v) is 3.25. The number of hydrogen-bond donors (Lipinski definition) is 0. The van der Waals surface area contributed by atoms with Crippen molar-refractivity contribution in [1.82, 2.24) is 0 Å². The van der Waals surface area contributed by atoms with E-state index in [1.807, 2.05) is 73.6 Å². The first-order chi connectivity index (χ1) is 10.7. The maximum absolute atomic E-state index is 5.74. The molecule has 1 atom stereocenters. The van der Waals surface area contributed by atoms with Gasteiger partial charge in [0.25, 0.3) is 0 Å². The Bertz CT molecular complexity index is 539. The molecule has 0 N–H and O–H groups in total. The van der Waals surface area contributed by atoms with E-state index in [9.17, 15) is 0 Å². The molecule has 1 aromatic rings. The Labute approximate surface area is 147 Å². The predicted molar refractivity (Wildman–Crippen MR) is 99.0 cm³/mol. The van der Waals surface area contributed by atoms with E-state index in [0.29, 0.717) is 6.42 Å². The highest BCUT2D eigenvalue weighted by atomic mass is 17.2. The molecule has 0 heterocycles. The van der Waals surface area contributed by atoms with Crippen molar-refractivity contribution >= 4 is 0 Å². The van der Waals surface area contributed by atoms with Crippen LogP contribution in [-0.2, 0) is 15.3 Å². The van der Waals surface area contributed by atoms with E-state index >= 15 is 0 Å². The summed E-state index contributed by atoms with van der Waals surface area (Å²) in [6.07, 6.45) is 0.652. The maximum atomic E-state index is 5.74. The van der Waals surface area contributed by atoms with Gasteiger partial charge in [0, 0.05) is 6.42 Å². The smallest absolute Gasteiger partial charge is 0.106 e. The van der Waals surface area contributed by atoms with E-state index in [-0.39, 0.29) is 11.1 Å². The molecule has 24 heavy (non-hydrogen) atoms. The van der Waals surface area contributed by atoms with E-state index in [4.69, 9.17) is 14.9 Å². The molecule has 0 saturated carbocycles. The Balaban J connectivity index is 3.08. The maximum Gasteiger partial charge on any atom is 0.106 e. The molecule has 0 aliphatic heterocycles. The summed E-state index contributed by atoms with van der Waals surface area (Å²) in [5.41, 5.74) is -0.449. The van der Waals surface area contributed by atoms with Crippen molar-refractivity contribution in [2.75, 3.05) is 0 Å². The zero-order chi connectivity index (χ0) is 18.6.